The van der Waals surface area contributed by atoms with E-state index in [0.29, 0.717) is 15.7 Å². The van der Waals surface area contributed by atoms with Crippen LogP contribution in [0.1, 0.15) is 12.8 Å². The SMILES string of the molecule is CS(=O)(=O)N(CCCC(=O)Nc1ccc(Cl)c(Cl)c1)c1cccc([N+](=O)[O-])c1. The van der Waals surface area contributed by atoms with Crippen LogP contribution in [0.5, 0.6) is 0 Å². The molecule has 0 aliphatic heterocycles. The van der Waals surface area contributed by atoms with E-state index in [-0.39, 0.29) is 36.7 Å². The maximum Gasteiger partial charge on any atom is 0.271 e. The minimum absolute atomic E-state index is 0.00516. The third-order valence-electron chi connectivity index (χ3n) is 3.70. The number of hydrogen-bond donors (Lipinski definition) is 1. The molecule has 8 nitrogen and oxygen atoms in total. The summed E-state index contributed by atoms with van der Waals surface area (Å²) in [7, 11) is -3.68. The Morgan fingerprint density at radius 2 is 1.89 bits per heavy atom. The van der Waals surface area contributed by atoms with E-state index < -0.39 is 14.9 Å². The monoisotopic (exact) mass is 445 g/mol. The van der Waals surface area contributed by atoms with Crippen LogP contribution in [0.15, 0.2) is 42.5 Å². The fraction of sp³-hybridized carbons (Fsp3) is 0.235. The van der Waals surface area contributed by atoms with Crippen molar-refractivity contribution >= 4 is 56.2 Å². The van der Waals surface area contributed by atoms with E-state index in [4.69, 9.17) is 23.2 Å². The van der Waals surface area contributed by atoms with Crippen LogP contribution in [0.2, 0.25) is 10.0 Å². The molecule has 0 fully saturated rings. The number of amides is 1. The number of halogens is 2. The lowest BCUT2D eigenvalue weighted by atomic mass is 10.2. The van der Waals surface area contributed by atoms with E-state index in [1.54, 1.807) is 12.1 Å². The Hall–Kier alpha value is -2.36. The van der Waals surface area contributed by atoms with Gasteiger partial charge in [0.05, 0.1) is 26.9 Å². The van der Waals surface area contributed by atoms with Crippen LogP contribution in [0, 0.1) is 10.1 Å². The first-order valence-electron chi connectivity index (χ1n) is 8.05. The Labute approximate surface area is 172 Å². The molecule has 2 rings (SSSR count). The molecule has 2 aromatic rings. The summed E-state index contributed by atoms with van der Waals surface area (Å²) >= 11 is 11.7. The number of anilines is 2. The van der Waals surface area contributed by atoms with E-state index >= 15 is 0 Å². The summed E-state index contributed by atoms with van der Waals surface area (Å²) in [6, 6.07) is 9.97. The van der Waals surface area contributed by atoms with Gasteiger partial charge in [-0.25, -0.2) is 8.42 Å². The van der Waals surface area contributed by atoms with E-state index in [9.17, 15) is 23.3 Å². The summed E-state index contributed by atoms with van der Waals surface area (Å²) < 4.78 is 25.2. The van der Waals surface area contributed by atoms with Crippen LogP contribution >= 0.6 is 23.2 Å². The van der Waals surface area contributed by atoms with Crippen molar-refractivity contribution in [3.63, 3.8) is 0 Å². The van der Waals surface area contributed by atoms with Gasteiger partial charge in [0.15, 0.2) is 0 Å². The number of carbonyl (C=O) groups is 1. The molecule has 2 aromatic carbocycles. The molecule has 0 saturated heterocycles. The predicted octanol–water partition coefficient (Wildman–Crippen LogP) is 4.09. The second kappa shape index (κ2) is 9.22. The summed E-state index contributed by atoms with van der Waals surface area (Å²) in [6.45, 7) is -0.00516. The van der Waals surface area contributed by atoms with Crippen LogP contribution < -0.4 is 9.62 Å². The molecule has 0 unspecified atom stereocenters. The topological polar surface area (TPSA) is 110 Å². The van der Waals surface area contributed by atoms with Gasteiger partial charge in [0.1, 0.15) is 0 Å². The molecule has 150 valence electrons. The number of nitro benzene ring substituents is 1. The van der Waals surface area contributed by atoms with Gasteiger partial charge >= 0.3 is 0 Å². The lowest BCUT2D eigenvalue weighted by Crippen LogP contribution is -2.31. The lowest BCUT2D eigenvalue weighted by Gasteiger charge is -2.22. The highest BCUT2D eigenvalue weighted by molar-refractivity contribution is 7.92. The zero-order valence-corrected chi connectivity index (χ0v) is 17.1. The van der Waals surface area contributed by atoms with Crippen LogP contribution in [0.3, 0.4) is 0 Å². The van der Waals surface area contributed by atoms with Gasteiger partial charge in [-0.15, -0.1) is 0 Å². The van der Waals surface area contributed by atoms with Crippen LogP contribution in [-0.4, -0.2) is 32.0 Å². The van der Waals surface area contributed by atoms with Crippen LogP contribution in [-0.2, 0) is 14.8 Å². The zero-order chi connectivity index (χ0) is 20.9. The van der Waals surface area contributed by atoms with E-state index in [1.165, 1.54) is 30.3 Å². The molecule has 11 heteroatoms. The summed E-state index contributed by atoms with van der Waals surface area (Å²) in [6.07, 6.45) is 1.26. The molecule has 0 heterocycles. The molecule has 0 bridgehead atoms. The number of hydrogen-bond acceptors (Lipinski definition) is 5. The van der Waals surface area contributed by atoms with Gasteiger partial charge in [-0.2, -0.15) is 0 Å². The smallest absolute Gasteiger partial charge is 0.271 e. The van der Waals surface area contributed by atoms with Gasteiger partial charge in [-0.3, -0.25) is 19.2 Å². The maximum atomic E-state index is 12.1. The first-order valence-corrected chi connectivity index (χ1v) is 10.7. The van der Waals surface area contributed by atoms with Gasteiger partial charge < -0.3 is 5.32 Å². The van der Waals surface area contributed by atoms with Gasteiger partial charge in [0.25, 0.3) is 5.69 Å². The Balaban J connectivity index is 2.02. The highest BCUT2D eigenvalue weighted by Gasteiger charge is 2.20. The molecular weight excluding hydrogens is 429 g/mol. The number of rotatable bonds is 8. The average molecular weight is 446 g/mol. The van der Waals surface area contributed by atoms with Crippen molar-refractivity contribution in [2.75, 3.05) is 22.4 Å². The maximum absolute atomic E-state index is 12.1. The number of nitrogens with one attached hydrogen (secondary N) is 1. The summed E-state index contributed by atoms with van der Waals surface area (Å²) in [5.41, 5.74) is 0.420. The van der Waals surface area contributed by atoms with Gasteiger partial charge in [0.2, 0.25) is 15.9 Å². The van der Waals surface area contributed by atoms with Crippen LogP contribution in [0.25, 0.3) is 0 Å². The Bertz CT molecular complexity index is 998. The minimum atomic E-state index is -3.68. The van der Waals surface area contributed by atoms with Gasteiger partial charge in [-0.05, 0) is 30.7 Å². The Morgan fingerprint density at radius 3 is 2.50 bits per heavy atom. The lowest BCUT2D eigenvalue weighted by molar-refractivity contribution is -0.384. The number of benzene rings is 2. The molecule has 28 heavy (non-hydrogen) atoms. The van der Waals surface area contributed by atoms with Crippen molar-refractivity contribution in [3.8, 4) is 0 Å². The van der Waals surface area contributed by atoms with Crippen molar-refractivity contribution in [3.05, 3.63) is 62.6 Å². The molecular formula is C17H17Cl2N3O5S. The number of nitro groups is 1. The quantitative estimate of drug-likeness (QED) is 0.485. The molecule has 0 atom stereocenters. The number of carbonyl (C=O) groups excluding carboxylic acids is 1. The molecule has 0 saturated carbocycles. The highest BCUT2D eigenvalue weighted by atomic mass is 35.5. The molecule has 0 aliphatic rings. The molecule has 0 radical (unpaired) electrons. The summed E-state index contributed by atoms with van der Waals surface area (Å²) in [4.78, 5) is 22.4. The largest absolute Gasteiger partial charge is 0.326 e. The zero-order valence-electron chi connectivity index (χ0n) is 14.8. The summed E-state index contributed by atoms with van der Waals surface area (Å²) in [5.74, 6) is -0.328. The fourth-order valence-electron chi connectivity index (χ4n) is 2.43. The number of sulfonamides is 1. The standard InChI is InChI=1S/C17H17Cl2N3O5S/c1-28(26,27)21(13-4-2-5-14(11-13)22(24)25)9-3-6-17(23)20-12-7-8-15(18)16(19)10-12/h2,4-5,7-8,10-11H,3,6,9H2,1H3,(H,20,23). The van der Waals surface area contributed by atoms with Crippen LogP contribution in [0.4, 0.5) is 17.1 Å². The first-order chi connectivity index (χ1) is 13.1. The van der Waals surface area contributed by atoms with Crippen molar-refractivity contribution in [1.82, 2.24) is 0 Å². The average Bonchev–Trinajstić information content (AvgIpc) is 2.61. The van der Waals surface area contributed by atoms with Crippen molar-refractivity contribution in [2.45, 2.75) is 12.8 Å². The van der Waals surface area contributed by atoms with Crippen molar-refractivity contribution in [1.29, 1.82) is 0 Å². The third-order valence-corrected chi connectivity index (χ3v) is 5.63. The first kappa shape index (κ1) is 21.9. The fourth-order valence-corrected chi connectivity index (χ4v) is 3.68. The second-order valence-corrected chi connectivity index (χ2v) is 8.61. The predicted molar refractivity (Wildman–Crippen MR) is 110 cm³/mol. The Morgan fingerprint density at radius 1 is 1.18 bits per heavy atom. The number of nitrogens with zero attached hydrogens (tertiary/aromatic N) is 2. The summed E-state index contributed by atoms with van der Waals surface area (Å²) in [5, 5.41) is 14.2. The van der Waals surface area contributed by atoms with E-state index in [2.05, 4.69) is 5.32 Å². The normalized spacial score (nSPS) is 11.1. The highest BCUT2D eigenvalue weighted by Crippen LogP contribution is 2.26. The molecule has 0 spiro atoms. The number of non-ortho nitro benzene ring substituents is 1. The minimum Gasteiger partial charge on any atom is -0.326 e. The van der Waals surface area contributed by atoms with E-state index in [0.717, 1.165) is 10.6 Å². The molecule has 0 aliphatic carbocycles. The molecule has 1 N–H and O–H groups in total. The van der Waals surface area contributed by atoms with E-state index in [1.807, 2.05) is 0 Å². The molecule has 0 aromatic heterocycles. The van der Waals surface area contributed by atoms with Crippen molar-refractivity contribution in [2.24, 2.45) is 0 Å². The van der Waals surface area contributed by atoms with Crippen molar-refractivity contribution < 1.29 is 18.1 Å². The Kier molecular flexibility index (Phi) is 7.22. The third kappa shape index (κ3) is 6.08. The second-order valence-electron chi connectivity index (χ2n) is 5.89. The van der Waals surface area contributed by atoms with Gasteiger partial charge in [-0.1, -0.05) is 29.3 Å². The molecule has 1 amide bonds. The van der Waals surface area contributed by atoms with Gasteiger partial charge in [0, 0.05) is 30.8 Å².